The molecule has 2 N–H and O–H groups in total. The van der Waals surface area contributed by atoms with E-state index in [1.54, 1.807) is 0 Å². The molecule has 0 radical (unpaired) electrons. The standard InChI is InChI=1S/C14H22F3N3O/c1-4-5-18-12-8-11(14(15,16)17)9-13(20-12)19-6-7-21-10(2)3/h8-10H,4-7H2,1-3H3,(H2,18,19,20). The van der Waals surface area contributed by atoms with E-state index in [1.807, 2.05) is 20.8 Å². The maximum absolute atomic E-state index is 12.9. The molecular formula is C14H22F3N3O. The van der Waals surface area contributed by atoms with Gasteiger partial charge < -0.3 is 15.4 Å². The Hall–Kier alpha value is -1.50. The van der Waals surface area contributed by atoms with Crippen molar-refractivity contribution in [2.24, 2.45) is 0 Å². The second-order valence-electron chi connectivity index (χ2n) is 4.90. The molecule has 0 aliphatic carbocycles. The molecular weight excluding hydrogens is 283 g/mol. The van der Waals surface area contributed by atoms with Crippen molar-refractivity contribution in [2.75, 3.05) is 30.3 Å². The molecule has 0 saturated carbocycles. The summed E-state index contributed by atoms with van der Waals surface area (Å²) in [5.74, 6) is 0.412. The topological polar surface area (TPSA) is 46.2 Å². The molecule has 0 aliphatic heterocycles. The van der Waals surface area contributed by atoms with E-state index in [0.717, 1.165) is 18.6 Å². The fraction of sp³-hybridized carbons (Fsp3) is 0.643. The third-order valence-corrected chi connectivity index (χ3v) is 2.57. The summed E-state index contributed by atoms with van der Waals surface area (Å²) in [6.07, 6.45) is -3.50. The van der Waals surface area contributed by atoms with Crippen molar-refractivity contribution >= 4 is 11.6 Å². The predicted octanol–water partition coefficient (Wildman–Crippen LogP) is 3.76. The van der Waals surface area contributed by atoms with Crippen LogP contribution in [0.1, 0.15) is 32.8 Å². The van der Waals surface area contributed by atoms with Gasteiger partial charge in [-0.2, -0.15) is 13.2 Å². The maximum Gasteiger partial charge on any atom is 0.416 e. The molecule has 0 saturated heterocycles. The lowest BCUT2D eigenvalue weighted by Gasteiger charge is -2.14. The molecule has 7 heteroatoms. The molecule has 0 fully saturated rings. The Labute approximate surface area is 123 Å². The Morgan fingerprint density at radius 1 is 1.14 bits per heavy atom. The van der Waals surface area contributed by atoms with Crippen LogP contribution in [0.5, 0.6) is 0 Å². The van der Waals surface area contributed by atoms with Gasteiger partial charge in [0.05, 0.1) is 18.3 Å². The van der Waals surface area contributed by atoms with Crippen LogP contribution in [0, 0.1) is 0 Å². The van der Waals surface area contributed by atoms with Crippen LogP contribution in [0.3, 0.4) is 0 Å². The van der Waals surface area contributed by atoms with Crippen LogP contribution in [0.15, 0.2) is 12.1 Å². The zero-order valence-electron chi connectivity index (χ0n) is 12.5. The number of rotatable bonds is 8. The van der Waals surface area contributed by atoms with Crippen molar-refractivity contribution < 1.29 is 17.9 Å². The molecule has 0 atom stereocenters. The van der Waals surface area contributed by atoms with E-state index in [2.05, 4.69) is 15.6 Å². The predicted molar refractivity (Wildman–Crippen MR) is 77.6 cm³/mol. The lowest BCUT2D eigenvalue weighted by Crippen LogP contribution is -2.15. The first-order valence-electron chi connectivity index (χ1n) is 7.01. The number of anilines is 2. The molecule has 0 spiro atoms. The Kier molecular flexibility index (Phi) is 6.74. The fourth-order valence-electron chi connectivity index (χ4n) is 1.60. The van der Waals surface area contributed by atoms with Crippen LogP contribution in [0.4, 0.5) is 24.8 Å². The molecule has 120 valence electrons. The number of hydrogen-bond donors (Lipinski definition) is 2. The highest BCUT2D eigenvalue weighted by Gasteiger charge is 2.31. The van der Waals surface area contributed by atoms with Crippen LogP contribution in [-0.4, -0.2) is 30.8 Å². The normalized spacial score (nSPS) is 11.8. The highest BCUT2D eigenvalue weighted by atomic mass is 19.4. The van der Waals surface area contributed by atoms with Crippen LogP contribution >= 0.6 is 0 Å². The fourth-order valence-corrected chi connectivity index (χ4v) is 1.60. The number of nitrogens with one attached hydrogen (secondary N) is 2. The number of pyridine rings is 1. The zero-order valence-corrected chi connectivity index (χ0v) is 12.5. The summed E-state index contributed by atoms with van der Waals surface area (Å²) in [7, 11) is 0. The molecule has 0 amide bonds. The minimum Gasteiger partial charge on any atom is -0.377 e. The van der Waals surface area contributed by atoms with Crippen molar-refractivity contribution in [1.29, 1.82) is 0 Å². The summed E-state index contributed by atoms with van der Waals surface area (Å²) in [4.78, 5) is 4.12. The highest BCUT2D eigenvalue weighted by molar-refractivity contribution is 5.49. The van der Waals surface area contributed by atoms with Gasteiger partial charge in [-0.05, 0) is 32.4 Å². The molecule has 1 heterocycles. The van der Waals surface area contributed by atoms with Gasteiger partial charge in [0.25, 0.3) is 0 Å². The van der Waals surface area contributed by atoms with E-state index in [1.165, 1.54) is 0 Å². The average Bonchev–Trinajstić information content (AvgIpc) is 2.40. The summed E-state index contributed by atoms with van der Waals surface area (Å²) in [6.45, 7) is 7.12. The number of alkyl halides is 3. The monoisotopic (exact) mass is 305 g/mol. The van der Waals surface area contributed by atoms with E-state index in [-0.39, 0.29) is 17.7 Å². The van der Waals surface area contributed by atoms with Crippen LogP contribution in [-0.2, 0) is 10.9 Å². The Morgan fingerprint density at radius 3 is 2.19 bits per heavy atom. The second-order valence-corrected chi connectivity index (χ2v) is 4.90. The molecule has 1 aromatic heterocycles. The zero-order chi connectivity index (χ0) is 15.9. The Bertz CT molecular complexity index is 436. The Balaban J connectivity index is 2.76. The third-order valence-electron chi connectivity index (χ3n) is 2.57. The van der Waals surface area contributed by atoms with Crippen molar-refractivity contribution in [3.8, 4) is 0 Å². The molecule has 0 aliphatic rings. The lowest BCUT2D eigenvalue weighted by atomic mass is 10.2. The number of ether oxygens (including phenoxy) is 1. The molecule has 1 rings (SSSR count). The maximum atomic E-state index is 12.9. The van der Waals surface area contributed by atoms with Crippen molar-refractivity contribution in [3.05, 3.63) is 17.7 Å². The first-order valence-corrected chi connectivity index (χ1v) is 7.01. The molecule has 0 bridgehead atoms. The van der Waals surface area contributed by atoms with Crippen molar-refractivity contribution in [2.45, 2.75) is 39.5 Å². The largest absolute Gasteiger partial charge is 0.416 e. The van der Waals surface area contributed by atoms with Crippen LogP contribution < -0.4 is 10.6 Å². The Morgan fingerprint density at radius 2 is 1.71 bits per heavy atom. The molecule has 21 heavy (non-hydrogen) atoms. The number of hydrogen-bond acceptors (Lipinski definition) is 4. The first kappa shape index (κ1) is 17.6. The van der Waals surface area contributed by atoms with Gasteiger partial charge in [0, 0.05) is 13.1 Å². The smallest absolute Gasteiger partial charge is 0.377 e. The van der Waals surface area contributed by atoms with Gasteiger partial charge in [0.15, 0.2) is 0 Å². The lowest BCUT2D eigenvalue weighted by molar-refractivity contribution is -0.137. The summed E-state index contributed by atoms with van der Waals surface area (Å²) in [6, 6.07) is 2.03. The number of aromatic nitrogens is 1. The van der Waals surface area contributed by atoms with Gasteiger partial charge in [-0.25, -0.2) is 4.98 Å². The average molecular weight is 305 g/mol. The van der Waals surface area contributed by atoms with E-state index in [9.17, 15) is 13.2 Å². The first-order chi connectivity index (χ1) is 9.82. The molecule has 1 aromatic rings. The van der Waals surface area contributed by atoms with Gasteiger partial charge in [0.2, 0.25) is 0 Å². The minimum absolute atomic E-state index is 0.0862. The van der Waals surface area contributed by atoms with Gasteiger partial charge in [-0.15, -0.1) is 0 Å². The van der Waals surface area contributed by atoms with Gasteiger partial charge >= 0.3 is 6.18 Å². The summed E-state index contributed by atoms with van der Waals surface area (Å²) >= 11 is 0. The summed E-state index contributed by atoms with van der Waals surface area (Å²) in [5, 5.41) is 5.73. The SMILES string of the molecule is CCCNc1cc(C(F)(F)F)cc(NCCOC(C)C)n1. The number of nitrogens with zero attached hydrogens (tertiary/aromatic N) is 1. The molecule has 4 nitrogen and oxygen atoms in total. The van der Waals surface area contributed by atoms with E-state index < -0.39 is 11.7 Å². The van der Waals surface area contributed by atoms with Gasteiger partial charge in [-0.1, -0.05) is 6.92 Å². The highest BCUT2D eigenvalue weighted by Crippen LogP contribution is 2.32. The van der Waals surface area contributed by atoms with Gasteiger partial charge in [-0.3, -0.25) is 0 Å². The molecule has 0 aromatic carbocycles. The van der Waals surface area contributed by atoms with Gasteiger partial charge in [0.1, 0.15) is 11.6 Å². The van der Waals surface area contributed by atoms with E-state index in [0.29, 0.717) is 19.7 Å². The summed E-state index contributed by atoms with van der Waals surface area (Å²) in [5.41, 5.74) is -0.719. The molecule has 0 unspecified atom stereocenters. The van der Waals surface area contributed by atoms with Crippen molar-refractivity contribution in [3.63, 3.8) is 0 Å². The summed E-state index contributed by atoms with van der Waals surface area (Å²) < 4.78 is 43.9. The van der Waals surface area contributed by atoms with E-state index >= 15 is 0 Å². The third kappa shape index (κ3) is 6.66. The quantitative estimate of drug-likeness (QED) is 0.718. The van der Waals surface area contributed by atoms with Crippen LogP contribution in [0.25, 0.3) is 0 Å². The minimum atomic E-state index is -4.39. The van der Waals surface area contributed by atoms with Crippen molar-refractivity contribution in [1.82, 2.24) is 4.98 Å². The van der Waals surface area contributed by atoms with Crippen LogP contribution in [0.2, 0.25) is 0 Å². The second kappa shape index (κ2) is 8.07. The number of halogens is 3. The van der Waals surface area contributed by atoms with E-state index in [4.69, 9.17) is 4.74 Å².